The molecule has 2 aliphatic rings. The molecule has 0 amide bonds. The molecular formula is C24H31FN6O4S. The molecule has 194 valence electrons. The highest BCUT2D eigenvalue weighted by molar-refractivity contribution is 7.99. The van der Waals surface area contributed by atoms with Gasteiger partial charge in [0, 0.05) is 29.5 Å². The van der Waals surface area contributed by atoms with Crippen molar-refractivity contribution >= 4 is 28.7 Å². The fourth-order valence-corrected chi connectivity index (χ4v) is 4.26. The average Bonchev–Trinajstić information content (AvgIpc) is 3.57. The van der Waals surface area contributed by atoms with Crippen molar-refractivity contribution in [2.75, 3.05) is 24.1 Å². The highest BCUT2D eigenvalue weighted by Gasteiger charge is 2.45. The SMILES string of the molecule is [2H]C([2H])(CC)Sc1nc(N[C@@H]2C[C@H]2c2ccc(C)c(F)c2)c2nnn([C@]3([2H])C([2H])([2H])[C@]([2H])(OC([2H])([2H])C([2H])([2H])O)[C@@]([2H])(O)[C@@]3([2H])O)c2n1. The summed E-state index contributed by atoms with van der Waals surface area (Å²) in [4.78, 5) is 8.47. The molecule has 0 bridgehead atoms. The summed E-state index contributed by atoms with van der Waals surface area (Å²) in [5.74, 6) is -0.742. The van der Waals surface area contributed by atoms with Gasteiger partial charge >= 0.3 is 0 Å². The Labute approximate surface area is 229 Å². The number of benzene rings is 1. The first-order chi connectivity index (χ1) is 21.7. The number of fused-ring (bicyclic) bond motifs is 1. The summed E-state index contributed by atoms with van der Waals surface area (Å²) in [5.41, 5.74) is -1.83. The molecule has 3 aromatic rings. The van der Waals surface area contributed by atoms with E-state index in [0.717, 1.165) is 0 Å². The van der Waals surface area contributed by atoms with Crippen LogP contribution in [-0.2, 0) is 4.74 Å². The quantitative estimate of drug-likeness (QED) is 0.228. The van der Waals surface area contributed by atoms with Crippen molar-refractivity contribution in [3.63, 3.8) is 0 Å². The second-order valence-corrected chi connectivity index (χ2v) is 8.90. The molecule has 2 aliphatic carbocycles. The molecule has 0 spiro atoms. The molecule has 0 radical (unpaired) electrons. The Morgan fingerprint density at radius 3 is 2.94 bits per heavy atom. The van der Waals surface area contributed by atoms with Crippen LogP contribution in [-0.4, -0.2) is 83.4 Å². The van der Waals surface area contributed by atoms with Crippen LogP contribution in [0, 0.1) is 12.7 Å². The van der Waals surface area contributed by atoms with Gasteiger partial charge in [0.05, 0.1) is 36.2 Å². The van der Waals surface area contributed by atoms with Gasteiger partial charge in [-0.3, -0.25) is 0 Å². The minimum atomic E-state index is -4.29. The molecule has 10 nitrogen and oxygen atoms in total. The lowest BCUT2D eigenvalue weighted by Gasteiger charge is -2.17. The maximum Gasteiger partial charge on any atom is 0.191 e. The molecule has 2 fully saturated rings. The number of thioether (sulfide) groups is 1. The van der Waals surface area contributed by atoms with Crippen molar-refractivity contribution in [2.45, 2.75) is 74.4 Å². The van der Waals surface area contributed by atoms with E-state index in [1.165, 1.54) is 13.0 Å². The summed E-state index contributed by atoms with van der Waals surface area (Å²) in [6, 6.07) is 0.509. The second-order valence-electron chi connectivity index (χ2n) is 8.05. The Morgan fingerprint density at radius 1 is 1.36 bits per heavy atom. The summed E-state index contributed by atoms with van der Waals surface area (Å²) >= 11 is 0.508. The Balaban J connectivity index is 1.66. The van der Waals surface area contributed by atoms with Crippen LogP contribution in [0.3, 0.4) is 0 Å². The van der Waals surface area contributed by atoms with E-state index in [4.69, 9.17) is 16.4 Å². The smallest absolute Gasteiger partial charge is 0.191 e. The van der Waals surface area contributed by atoms with Crippen LogP contribution >= 0.6 is 11.8 Å². The fourth-order valence-electron chi connectivity index (χ4n) is 3.71. The number of aryl methyl sites for hydroxylation is 1. The predicted octanol–water partition coefficient (Wildman–Crippen LogP) is 2.18. The van der Waals surface area contributed by atoms with Crippen molar-refractivity contribution < 1.29 is 40.9 Å². The van der Waals surface area contributed by atoms with Crippen LogP contribution in [0.25, 0.3) is 11.2 Å². The Kier molecular flexibility index (Phi) is 4.25. The Hall–Kier alpha value is -2.38. The van der Waals surface area contributed by atoms with Crippen LogP contribution in [0.2, 0.25) is 0 Å². The number of anilines is 1. The summed E-state index contributed by atoms with van der Waals surface area (Å²) in [6.45, 7) is -4.86. The Bertz CT molecular complexity index is 1760. The molecule has 2 heterocycles. The van der Waals surface area contributed by atoms with Gasteiger partial charge in [0.25, 0.3) is 0 Å². The zero-order valence-corrected chi connectivity index (χ0v) is 19.9. The van der Waals surface area contributed by atoms with Gasteiger partial charge in [-0.15, -0.1) is 5.10 Å². The zero-order valence-electron chi connectivity index (χ0n) is 31.1. The Morgan fingerprint density at radius 2 is 2.19 bits per heavy atom. The van der Waals surface area contributed by atoms with Crippen LogP contribution in [0.15, 0.2) is 23.4 Å². The van der Waals surface area contributed by atoms with E-state index in [0.29, 0.717) is 29.3 Å². The van der Waals surface area contributed by atoms with Gasteiger partial charge in [-0.05, 0) is 37.0 Å². The molecule has 36 heavy (non-hydrogen) atoms. The number of hydrogen-bond acceptors (Lipinski definition) is 10. The summed E-state index contributed by atoms with van der Waals surface area (Å²) < 4.78 is 117. The van der Waals surface area contributed by atoms with E-state index < -0.39 is 60.9 Å². The summed E-state index contributed by atoms with van der Waals surface area (Å²) in [7, 11) is 0. The number of rotatable bonds is 10. The van der Waals surface area contributed by atoms with Crippen LogP contribution in [0.5, 0.6) is 0 Å². The number of nitrogens with one attached hydrogen (secondary N) is 1. The minimum absolute atomic E-state index is 0.0364. The van der Waals surface area contributed by atoms with E-state index in [-0.39, 0.29) is 39.6 Å². The molecule has 5 rings (SSSR count). The van der Waals surface area contributed by atoms with Crippen LogP contribution in [0.1, 0.15) is 65.7 Å². The molecule has 0 unspecified atom stereocenters. The standard InChI is InChI=1S/C24H31FN6O4S/c1-3-8-36-24-27-22(26-16-10-14(16)13-5-4-12(2)15(25)9-13)19-23(28-24)31(30-29-19)17-11-18(35-7-6-32)21(34)20(17)33/h4-5,9,14,16-18,20-21,32-34H,3,6-8,10-11H2,1-2H3,(H,26,27,28)/t14-,16+,17+,18-,20-,21+/m0/s1/i6D2,7D2,8D2,11D2,17D,18D,20D,21D. The third-order valence-corrected chi connectivity index (χ3v) is 6.43. The second kappa shape index (κ2) is 10.5. The van der Waals surface area contributed by atoms with Gasteiger partial charge in [-0.1, -0.05) is 36.0 Å². The maximum absolute atomic E-state index is 14.3. The molecule has 2 aromatic heterocycles. The van der Waals surface area contributed by atoms with Crippen molar-refractivity contribution in [3.05, 3.63) is 35.1 Å². The average molecular weight is 531 g/mol. The maximum atomic E-state index is 14.3. The van der Waals surface area contributed by atoms with Gasteiger partial charge in [0.1, 0.15) is 18.0 Å². The monoisotopic (exact) mass is 530 g/mol. The molecule has 0 aliphatic heterocycles. The third kappa shape index (κ3) is 4.92. The fraction of sp³-hybridized carbons (Fsp3) is 0.583. The molecule has 0 saturated heterocycles. The molecule has 2 saturated carbocycles. The lowest BCUT2D eigenvalue weighted by Crippen LogP contribution is -2.33. The first-order valence-corrected chi connectivity index (χ1v) is 11.7. The third-order valence-electron chi connectivity index (χ3n) is 5.63. The lowest BCUT2D eigenvalue weighted by atomic mass is 10.1. The number of nitrogens with zero attached hydrogens (tertiary/aromatic N) is 5. The van der Waals surface area contributed by atoms with Gasteiger partial charge in [0.15, 0.2) is 22.1 Å². The van der Waals surface area contributed by atoms with Crippen molar-refractivity contribution in [1.82, 2.24) is 25.0 Å². The van der Waals surface area contributed by atoms with E-state index in [1.807, 2.05) is 0 Å². The predicted molar refractivity (Wildman–Crippen MR) is 133 cm³/mol. The minimum Gasteiger partial charge on any atom is -0.394 e. The van der Waals surface area contributed by atoms with Gasteiger partial charge in [-0.25, -0.2) is 19.0 Å². The highest BCUT2D eigenvalue weighted by Crippen LogP contribution is 2.44. The molecule has 4 N–H and O–H groups in total. The van der Waals surface area contributed by atoms with Crippen molar-refractivity contribution in [1.29, 1.82) is 0 Å². The molecule has 12 heteroatoms. The number of aliphatic hydroxyl groups is 3. The van der Waals surface area contributed by atoms with Crippen molar-refractivity contribution in [3.8, 4) is 0 Å². The van der Waals surface area contributed by atoms with Gasteiger partial charge in [-0.2, -0.15) is 0 Å². The van der Waals surface area contributed by atoms with E-state index >= 15 is 0 Å². The highest BCUT2D eigenvalue weighted by atomic mass is 32.2. The van der Waals surface area contributed by atoms with Crippen molar-refractivity contribution in [2.24, 2.45) is 0 Å². The number of halogens is 1. The lowest BCUT2D eigenvalue weighted by molar-refractivity contribution is -0.0629. The number of aromatic nitrogens is 5. The summed E-state index contributed by atoms with van der Waals surface area (Å²) in [6.07, 6.45) is -16.3. The van der Waals surface area contributed by atoms with Crippen LogP contribution < -0.4 is 5.32 Å². The van der Waals surface area contributed by atoms with E-state index in [1.54, 1.807) is 19.1 Å². The largest absolute Gasteiger partial charge is 0.394 e. The molecule has 6 atom stereocenters. The molecule has 1 aromatic carbocycles. The topological polar surface area (TPSA) is 138 Å². The first kappa shape index (κ1) is 14.5. The number of hydrogen-bond donors (Lipinski definition) is 4. The first-order valence-electron chi connectivity index (χ1n) is 16.9. The zero-order chi connectivity index (χ0) is 36.3. The van der Waals surface area contributed by atoms with Gasteiger partial charge < -0.3 is 25.4 Å². The van der Waals surface area contributed by atoms with E-state index in [2.05, 4.69) is 30.3 Å². The van der Waals surface area contributed by atoms with Gasteiger partial charge in [0.2, 0.25) is 0 Å². The normalized spacial score (nSPS) is 43.3. The van der Waals surface area contributed by atoms with Crippen LogP contribution in [0.4, 0.5) is 10.2 Å². The summed E-state index contributed by atoms with van der Waals surface area (Å²) in [5, 5.41) is 42.2. The molecular weight excluding hydrogens is 487 g/mol. The van der Waals surface area contributed by atoms with E-state index in [9.17, 15) is 19.7 Å². The number of ether oxygens (including phenoxy) is 1.